The van der Waals surface area contributed by atoms with Gasteiger partial charge in [0.05, 0.1) is 22.7 Å². The summed E-state index contributed by atoms with van der Waals surface area (Å²) in [6, 6.07) is 2.37. The van der Waals surface area contributed by atoms with E-state index in [1.165, 1.54) is 12.5 Å². The van der Waals surface area contributed by atoms with Crippen molar-refractivity contribution in [1.82, 2.24) is 14.7 Å². The summed E-state index contributed by atoms with van der Waals surface area (Å²) in [4.78, 5) is 15.6. The van der Waals surface area contributed by atoms with Crippen LogP contribution < -0.4 is 4.72 Å². The van der Waals surface area contributed by atoms with Crippen LogP contribution in [-0.4, -0.2) is 23.3 Å². The molecule has 1 aromatic carbocycles. The van der Waals surface area contributed by atoms with E-state index in [-0.39, 0.29) is 11.4 Å². The summed E-state index contributed by atoms with van der Waals surface area (Å²) >= 11 is 0. The van der Waals surface area contributed by atoms with Gasteiger partial charge in [0, 0.05) is 18.0 Å². The smallest absolute Gasteiger partial charge is 0.306 e. The molecule has 0 saturated heterocycles. The highest BCUT2D eigenvalue weighted by Crippen LogP contribution is 2.21. The molecule has 20 heavy (non-hydrogen) atoms. The van der Waals surface area contributed by atoms with Gasteiger partial charge >= 0.3 is 5.69 Å². The number of sulfonamides is 1. The number of hydrogen-bond donors (Lipinski definition) is 2. The Bertz CT molecular complexity index is 730. The predicted molar refractivity (Wildman–Crippen MR) is 65.7 cm³/mol. The third-order valence-electron chi connectivity index (χ3n) is 2.43. The van der Waals surface area contributed by atoms with Gasteiger partial charge in [-0.25, -0.2) is 18.1 Å². The number of hydrogen-bond acceptors (Lipinski definition) is 5. The number of aromatic nitrogens is 2. The molecule has 0 aliphatic carbocycles. The van der Waals surface area contributed by atoms with Gasteiger partial charge in [0.15, 0.2) is 0 Å². The van der Waals surface area contributed by atoms with Gasteiger partial charge in [0.2, 0.25) is 15.8 Å². The zero-order chi connectivity index (χ0) is 14.8. The standard InChI is InChI=1S/C10H9FN4O4S/c11-9-2-1-8(3-10(9)15(16)17)20(18,19)14-5-7-4-12-6-13-7/h1-4,6,14H,5H2,(H,12,13). The zero-order valence-electron chi connectivity index (χ0n) is 9.91. The van der Waals surface area contributed by atoms with Gasteiger partial charge in [-0.2, -0.15) is 4.39 Å². The molecule has 0 fully saturated rings. The molecule has 0 radical (unpaired) electrons. The number of nitrogens with one attached hydrogen (secondary N) is 2. The predicted octanol–water partition coefficient (Wildman–Crippen LogP) is 0.936. The van der Waals surface area contributed by atoms with Gasteiger partial charge in [-0.05, 0) is 12.1 Å². The van der Waals surface area contributed by atoms with Crippen LogP contribution in [0.4, 0.5) is 10.1 Å². The van der Waals surface area contributed by atoms with Crippen molar-refractivity contribution >= 4 is 15.7 Å². The van der Waals surface area contributed by atoms with Crippen LogP contribution >= 0.6 is 0 Å². The van der Waals surface area contributed by atoms with Crippen LogP contribution in [0.5, 0.6) is 0 Å². The first-order valence-electron chi connectivity index (χ1n) is 5.31. The molecule has 0 aliphatic heterocycles. The van der Waals surface area contributed by atoms with E-state index in [4.69, 9.17) is 0 Å². The second kappa shape index (κ2) is 5.35. The van der Waals surface area contributed by atoms with Crippen LogP contribution in [0.25, 0.3) is 0 Å². The Labute approximate surface area is 112 Å². The Morgan fingerprint density at radius 2 is 2.20 bits per heavy atom. The molecule has 0 bridgehead atoms. The lowest BCUT2D eigenvalue weighted by Gasteiger charge is -2.05. The summed E-state index contributed by atoms with van der Waals surface area (Å²) in [7, 11) is -3.98. The largest absolute Gasteiger partial charge is 0.347 e. The SMILES string of the molecule is O=[N+]([O-])c1cc(S(=O)(=O)NCc2cnc[nH]2)ccc1F. The van der Waals surface area contributed by atoms with E-state index in [1.54, 1.807) is 0 Å². The summed E-state index contributed by atoms with van der Waals surface area (Å²) in [5.41, 5.74) is -0.375. The molecule has 2 aromatic rings. The van der Waals surface area contributed by atoms with E-state index in [0.29, 0.717) is 11.8 Å². The Balaban J connectivity index is 2.25. The maximum absolute atomic E-state index is 13.1. The van der Waals surface area contributed by atoms with Gasteiger partial charge in [-0.3, -0.25) is 10.1 Å². The number of nitro benzene ring substituents is 1. The number of benzene rings is 1. The Kier molecular flexibility index (Phi) is 3.77. The van der Waals surface area contributed by atoms with E-state index in [2.05, 4.69) is 14.7 Å². The number of imidazole rings is 1. The average Bonchev–Trinajstić information content (AvgIpc) is 2.89. The zero-order valence-corrected chi connectivity index (χ0v) is 10.7. The third kappa shape index (κ3) is 2.97. The quantitative estimate of drug-likeness (QED) is 0.629. The Morgan fingerprint density at radius 1 is 1.45 bits per heavy atom. The van der Waals surface area contributed by atoms with Gasteiger partial charge in [0.25, 0.3) is 0 Å². The van der Waals surface area contributed by atoms with E-state index in [9.17, 15) is 22.9 Å². The number of nitro groups is 1. The monoisotopic (exact) mass is 300 g/mol. The fourth-order valence-corrected chi connectivity index (χ4v) is 2.46. The van der Waals surface area contributed by atoms with E-state index < -0.39 is 26.5 Å². The molecule has 2 rings (SSSR count). The number of halogens is 1. The molecule has 1 heterocycles. The summed E-state index contributed by atoms with van der Waals surface area (Å²) in [6.45, 7) is -0.0620. The summed E-state index contributed by atoms with van der Waals surface area (Å²) in [5.74, 6) is -1.09. The van der Waals surface area contributed by atoms with Crippen molar-refractivity contribution in [1.29, 1.82) is 0 Å². The maximum atomic E-state index is 13.1. The number of rotatable bonds is 5. The number of aromatic amines is 1. The van der Waals surface area contributed by atoms with Crippen molar-refractivity contribution in [3.05, 3.63) is 52.3 Å². The van der Waals surface area contributed by atoms with Crippen LogP contribution in [0.15, 0.2) is 35.6 Å². The van der Waals surface area contributed by atoms with Crippen LogP contribution in [0, 0.1) is 15.9 Å². The third-order valence-corrected chi connectivity index (χ3v) is 3.83. The molecule has 8 nitrogen and oxygen atoms in total. The molecule has 0 unspecified atom stereocenters. The molecule has 0 amide bonds. The molecule has 0 saturated carbocycles. The molecular weight excluding hydrogens is 291 g/mol. The highest BCUT2D eigenvalue weighted by molar-refractivity contribution is 7.89. The molecule has 10 heteroatoms. The van der Waals surface area contributed by atoms with Crippen LogP contribution in [0.2, 0.25) is 0 Å². The van der Waals surface area contributed by atoms with Crippen molar-refractivity contribution in [3.63, 3.8) is 0 Å². The van der Waals surface area contributed by atoms with E-state index in [1.807, 2.05) is 0 Å². The lowest BCUT2D eigenvalue weighted by molar-refractivity contribution is -0.387. The lowest BCUT2D eigenvalue weighted by atomic mass is 10.3. The second-order valence-electron chi connectivity index (χ2n) is 3.77. The minimum atomic E-state index is -3.98. The summed E-state index contributed by atoms with van der Waals surface area (Å²) in [6.07, 6.45) is 2.81. The maximum Gasteiger partial charge on any atom is 0.306 e. The molecule has 0 atom stereocenters. The molecule has 106 valence electrons. The van der Waals surface area contributed by atoms with Crippen LogP contribution in [0.1, 0.15) is 5.69 Å². The fourth-order valence-electron chi connectivity index (χ4n) is 1.44. The first kappa shape index (κ1) is 14.1. The minimum absolute atomic E-state index is 0.0620. The topological polar surface area (TPSA) is 118 Å². The van der Waals surface area contributed by atoms with Gasteiger partial charge in [-0.1, -0.05) is 0 Å². The van der Waals surface area contributed by atoms with Crippen molar-refractivity contribution in [2.75, 3.05) is 0 Å². The molecule has 2 N–H and O–H groups in total. The second-order valence-corrected chi connectivity index (χ2v) is 5.54. The first-order valence-corrected chi connectivity index (χ1v) is 6.79. The Morgan fingerprint density at radius 3 is 2.80 bits per heavy atom. The van der Waals surface area contributed by atoms with Crippen molar-refractivity contribution in [2.45, 2.75) is 11.4 Å². The fraction of sp³-hybridized carbons (Fsp3) is 0.100. The molecule has 0 aliphatic rings. The molecule has 1 aromatic heterocycles. The number of nitrogens with zero attached hydrogens (tertiary/aromatic N) is 2. The average molecular weight is 300 g/mol. The normalized spacial score (nSPS) is 11.4. The molecular formula is C10H9FN4O4S. The Hall–Kier alpha value is -2.33. The van der Waals surface area contributed by atoms with E-state index >= 15 is 0 Å². The van der Waals surface area contributed by atoms with Gasteiger partial charge < -0.3 is 4.98 Å². The first-order chi connectivity index (χ1) is 9.40. The lowest BCUT2D eigenvalue weighted by Crippen LogP contribution is -2.23. The highest BCUT2D eigenvalue weighted by Gasteiger charge is 2.21. The summed E-state index contributed by atoms with van der Waals surface area (Å²) < 4.78 is 39.2. The van der Waals surface area contributed by atoms with Crippen molar-refractivity contribution < 1.29 is 17.7 Å². The van der Waals surface area contributed by atoms with Crippen LogP contribution in [-0.2, 0) is 16.6 Å². The molecule has 0 spiro atoms. The number of H-pyrrole nitrogens is 1. The van der Waals surface area contributed by atoms with E-state index in [0.717, 1.165) is 12.1 Å². The van der Waals surface area contributed by atoms with Gasteiger partial charge in [-0.15, -0.1) is 0 Å². The highest BCUT2D eigenvalue weighted by atomic mass is 32.2. The van der Waals surface area contributed by atoms with Crippen molar-refractivity contribution in [2.24, 2.45) is 0 Å². The minimum Gasteiger partial charge on any atom is -0.347 e. The van der Waals surface area contributed by atoms with Gasteiger partial charge in [0.1, 0.15) is 0 Å². The van der Waals surface area contributed by atoms with Crippen molar-refractivity contribution in [3.8, 4) is 0 Å². The summed E-state index contributed by atoms with van der Waals surface area (Å²) in [5, 5.41) is 10.6. The van der Waals surface area contributed by atoms with Crippen LogP contribution in [0.3, 0.4) is 0 Å².